The van der Waals surface area contributed by atoms with Crippen LogP contribution in [0, 0.1) is 0 Å². The van der Waals surface area contributed by atoms with Crippen LogP contribution in [0.4, 0.5) is 0 Å². The van der Waals surface area contributed by atoms with E-state index in [4.69, 9.17) is 0 Å². The van der Waals surface area contributed by atoms with Crippen molar-refractivity contribution in [2.75, 3.05) is 13.6 Å². The summed E-state index contributed by atoms with van der Waals surface area (Å²) in [6.45, 7) is 1.84. The van der Waals surface area contributed by atoms with Gasteiger partial charge in [-0.05, 0) is 19.5 Å². The fourth-order valence-electron chi connectivity index (χ4n) is 1.74. The number of nitrogens with zero attached hydrogens (tertiary/aromatic N) is 2. The van der Waals surface area contributed by atoms with Gasteiger partial charge in [0.25, 0.3) is 0 Å². The molecule has 0 radical (unpaired) electrons. The summed E-state index contributed by atoms with van der Waals surface area (Å²) in [7, 11) is -1.56. The predicted molar refractivity (Wildman–Crippen MR) is 79.1 cm³/mol. The second-order valence-electron chi connectivity index (χ2n) is 4.33. The van der Waals surface area contributed by atoms with Crippen LogP contribution in [0.25, 0.3) is 0 Å². The monoisotopic (exact) mass is 314 g/mol. The number of sulfonamides is 1. The number of nitrogens with one attached hydrogen (secondary N) is 2. The van der Waals surface area contributed by atoms with Crippen molar-refractivity contribution in [1.29, 1.82) is 0 Å². The first-order chi connectivity index (χ1) is 9.62. The predicted octanol–water partition coefficient (Wildman–Crippen LogP) is 1.03. The molecule has 0 aliphatic heterocycles. The molecule has 2 aromatic rings. The minimum Gasteiger partial charge on any atom is -0.337 e. The summed E-state index contributed by atoms with van der Waals surface area (Å²) in [4.78, 5) is 5.29. The van der Waals surface area contributed by atoms with Gasteiger partial charge in [-0.15, -0.1) is 11.3 Å². The molecular formula is C12H18N4O2S2. The van der Waals surface area contributed by atoms with E-state index in [1.807, 2.05) is 17.8 Å². The van der Waals surface area contributed by atoms with Crippen molar-refractivity contribution < 1.29 is 8.42 Å². The normalized spacial score (nSPS) is 11.8. The molecule has 0 unspecified atom stereocenters. The number of aryl methyl sites for hydroxylation is 1. The first kappa shape index (κ1) is 15.2. The molecule has 0 saturated carbocycles. The lowest BCUT2D eigenvalue weighted by Crippen LogP contribution is -2.25. The summed E-state index contributed by atoms with van der Waals surface area (Å²) in [6.07, 6.45) is 6.01. The smallest absolute Gasteiger partial charge is 0.241 e. The van der Waals surface area contributed by atoms with Crippen molar-refractivity contribution >= 4 is 21.4 Å². The first-order valence-electron chi connectivity index (χ1n) is 6.29. The van der Waals surface area contributed by atoms with Crippen molar-refractivity contribution in [2.45, 2.75) is 24.4 Å². The van der Waals surface area contributed by atoms with Gasteiger partial charge >= 0.3 is 0 Å². The van der Waals surface area contributed by atoms with E-state index >= 15 is 0 Å². The Hall–Kier alpha value is -1.22. The number of imidazole rings is 1. The number of hydrogen-bond donors (Lipinski definition) is 2. The SMILES string of the molecule is CNCc1cc(S(=O)(=O)NCCCn2ccnc2)cs1. The summed E-state index contributed by atoms with van der Waals surface area (Å²) in [5.74, 6) is 0. The van der Waals surface area contributed by atoms with Crippen molar-refractivity contribution in [3.8, 4) is 0 Å². The highest BCUT2D eigenvalue weighted by atomic mass is 32.2. The Morgan fingerprint density at radius 3 is 3.00 bits per heavy atom. The van der Waals surface area contributed by atoms with Crippen molar-refractivity contribution in [3.05, 3.63) is 35.0 Å². The second kappa shape index (κ2) is 6.98. The maximum Gasteiger partial charge on any atom is 0.241 e. The van der Waals surface area contributed by atoms with Crippen LogP contribution in [0.3, 0.4) is 0 Å². The van der Waals surface area contributed by atoms with E-state index in [9.17, 15) is 8.42 Å². The molecule has 0 aromatic carbocycles. The van der Waals surface area contributed by atoms with E-state index in [-0.39, 0.29) is 0 Å². The molecule has 8 heteroatoms. The molecule has 0 bridgehead atoms. The van der Waals surface area contributed by atoms with E-state index in [0.29, 0.717) is 18.0 Å². The topological polar surface area (TPSA) is 76.0 Å². The number of rotatable bonds is 8. The van der Waals surface area contributed by atoms with E-state index in [2.05, 4.69) is 15.0 Å². The molecule has 6 nitrogen and oxygen atoms in total. The Morgan fingerprint density at radius 1 is 1.45 bits per heavy atom. The minimum absolute atomic E-state index is 0.343. The maximum atomic E-state index is 12.1. The Kier molecular flexibility index (Phi) is 5.30. The third kappa shape index (κ3) is 4.14. The molecule has 20 heavy (non-hydrogen) atoms. The molecule has 0 saturated heterocycles. The third-order valence-corrected chi connectivity index (χ3v) is 5.26. The van der Waals surface area contributed by atoms with Crippen LogP contribution in [0.5, 0.6) is 0 Å². The number of hydrogen-bond acceptors (Lipinski definition) is 5. The van der Waals surface area contributed by atoms with Crippen molar-refractivity contribution in [3.63, 3.8) is 0 Å². The van der Waals surface area contributed by atoms with Crippen LogP contribution in [0.1, 0.15) is 11.3 Å². The zero-order valence-corrected chi connectivity index (χ0v) is 12.9. The van der Waals surface area contributed by atoms with Gasteiger partial charge in [-0.1, -0.05) is 0 Å². The highest BCUT2D eigenvalue weighted by molar-refractivity contribution is 7.89. The lowest BCUT2D eigenvalue weighted by molar-refractivity contribution is 0.570. The summed E-state index contributed by atoms with van der Waals surface area (Å²) < 4.78 is 28.7. The first-order valence-corrected chi connectivity index (χ1v) is 8.65. The largest absolute Gasteiger partial charge is 0.337 e. The van der Waals surface area contributed by atoms with Gasteiger partial charge in [0.1, 0.15) is 0 Å². The molecule has 0 amide bonds. The Bertz CT molecular complexity index is 620. The average molecular weight is 314 g/mol. The standard InChI is InChI=1S/C12H18N4O2S2/c1-13-8-11-7-12(9-19-11)20(17,18)15-3-2-5-16-6-4-14-10-16/h4,6-7,9-10,13,15H,2-3,5,8H2,1H3. The van der Waals surface area contributed by atoms with Gasteiger partial charge in [0.05, 0.1) is 11.2 Å². The number of thiophene rings is 1. The highest BCUT2D eigenvalue weighted by Gasteiger charge is 2.15. The molecule has 2 aromatic heterocycles. The molecule has 2 heterocycles. The second-order valence-corrected chi connectivity index (χ2v) is 7.09. The molecule has 0 fully saturated rings. The lowest BCUT2D eigenvalue weighted by atomic mass is 10.4. The molecule has 0 spiro atoms. The van der Waals surface area contributed by atoms with E-state index in [0.717, 1.165) is 17.8 Å². The zero-order valence-electron chi connectivity index (χ0n) is 11.2. The fourth-order valence-corrected chi connectivity index (χ4v) is 4.10. The van der Waals surface area contributed by atoms with Gasteiger partial charge < -0.3 is 9.88 Å². The van der Waals surface area contributed by atoms with Crippen LogP contribution >= 0.6 is 11.3 Å². The average Bonchev–Trinajstić information content (AvgIpc) is 3.06. The lowest BCUT2D eigenvalue weighted by Gasteiger charge is -2.05. The summed E-state index contributed by atoms with van der Waals surface area (Å²) in [5.41, 5.74) is 0. The molecule has 110 valence electrons. The van der Waals surface area contributed by atoms with Gasteiger partial charge in [-0.2, -0.15) is 0 Å². The third-order valence-electron chi connectivity index (χ3n) is 2.74. The molecule has 0 aliphatic carbocycles. The molecular weight excluding hydrogens is 296 g/mol. The summed E-state index contributed by atoms with van der Waals surface area (Å²) in [5, 5.41) is 4.67. The van der Waals surface area contributed by atoms with Gasteiger partial charge in [0, 0.05) is 42.3 Å². The van der Waals surface area contributed by atoms with Crippen LogP contribution in [0.15, 0.2) is 35.1 Å². The Labute approximate surface area is 122 Å². The summed E-state index contributed by atoms with van der Waals surface area (Å²) >= 11 is 1.44. The van der Waals surface area contributed by atoms with Crippen LogP contribution in [-0.2, 0) is 23.1 Å². The van der Waals surface area contributed by atoms with Crippen molar-refractivity contribution in [1.82, 2.24) is 19.6 Å². The molecule has 2 N–H and O–H groups in total. The van der Waals surface area contributed by atoms with Crippen LogP contribution in [0.2, 0.25) is 0 Å². The maximum absolute atomic E-state index is 12.1. The van der Waals surface area contributed by atoms with E-state index < -0.39 is 10.0 Å². The Morgan fingerprint density at radius 2 is 2.30 bits per heavy atom. The minimum atomic E-state index is -3.39. The zero-order chi connectivity index (χ0) is 14.4. The van der Waals surface area contributed by atoms with Gasteiger partial charge in [-0.3, -0.25) is 0 Å². The molecule has 2 rings (SSSR count). The van der Waals surface area contributed by atoms with Crippen LogP contribution in [-0.4, -0.2) is 31.6 Å². The van der Waals surface area contributed by atoms with Gasteiger partial charge in [-0.25, -0.2) is 18.1 Å². The number of aromatic nitrogens is 2. The highest BCUT2D eigenvalue weighted by Crippen LogP contribution is 2.18. The quantitative estimate of drug-likeness (QED) is 0.714. The van der Waals surface area contributed by atoms with Gasteiger partial charge in [0.2, 0.25) is 10.0 Å². The summed E-state index contributed by atoms with van der Waals surface area (Å²) in [6, 6.07) is 1.71. The van der Waals surface area contributed by atoms with Crippen LogP contribution < -0.4 is 10.0 Å². The molecule has 0 aliphatic rings. The molecule has 0 atom stereocenters. The fraction of sp³-hybridized carbons (Fsp3) is 0.417. The van der Waals surface area contributed by atoms with Crippen molar-refractivity contribution in [2.24, 2.45) is 0 Å². The van der Waals surface area contributed by atoms with E-state index in [1.54, 1.807) is 24.0 Å². The Balaban J connectivity index is 1.83. The van der Waals surface area contributed by atoms with Gasteiger partial charge in [0.15, 0.2) is 0 Å². The van der Waals surface area contributed by atoms with E-state index in [1.165, 1.54) is 11.3 Å².